The van der Waals surface area contributed by atoms with Crippen molar-refractivity contribution in [2.75, 3.05) is 18.9 Å². The van der Waals surface area contributed by atoms with Gasteiger partial charge in [-0.15, -0.1) is 0 Å². The zero-order chi connectivity index (χ0) is 42.3. The van der Waals surface area contributed by atoms with Gasteiger partial charge in [-0.1, -0.05) is 12.1 Å². The molecule has 2 aromatic heterocycles. The molecule has 4 aliphatic rings. The number of aromatic hydroxyl groups is 1. The van der Waals surface area contributed by atoms with Crippen LogP contribution >= 0.6 is 26.8 Å². The van der Waals surface area contributed by atoms with Crippen LogP contribution in [0.25, 0.3) is 11.2 Å². The first-order chi connectivity index (χ1) is 28.7. The number of hydrogen-bond acceptors (Lipinski definition) is 18. The van der Waals surface area contributed by atoms with E-state index >= 15 is 8.78 Å². The first-order valence-corrected chi connectivity index (χ1v) is 22.1. The van der Waals surface area contributed by atoms with Gasteiger partial charge in [-0.2, -0.15) is 11.4 Å². The van der Waals surface area contributed by atoms with Gasteiger partial charge in [0.05, 0.1) is 25.1 Å². The summed E-state index contributed by atoms with van der Waals surface area (Å²) >= 11 is 0.277. The number of anilines is 1. The quantitative estimate of drug-likeness (QED) is 0.0511. The number of phenolic OH excluding ortho intramolecular Hbond substituents is 1. The van der Waals surface area contributed by atoms with Gasteiger partial charge in [0, 0.05) is 23.1 Å². The molecule has 3 unspecified atom stereocenters. The number of esters is 1. The summed E-state index contributed by atoms with van der Waals surface area (Å²) in [5, 5.41) is 23.2. The Morgan fingerprint density at radius 2 is 1.72 bits per heavy atom. The summed E-state index contributed by atoms with van der Waals surface area (Å²) in [7, 11) is -9.90. The highest BCUT2D eigenvalue weighted by atomic mass is 32.1. The fourth-order valence-electron chi connectivity index (χ4n) is 6.59. The maximum Gasteiger partial charge on any atom is 0.472 e. The van der Waals surface area contributed by atoms with Crippen LogP contribution in [0.2, 0.25) is 0 Å². The van der Waals surface area contributed by atoms with Crippen LogP contribution in [-0.2, 0) is 47.2 Å². The smallest absolute Gasteiger partial charge is 0.472 e. The third-order valence-electron chi connectivity index (χ3n) is 9.52. The zero-order valence-electron chi connectivity index (χ0n) is 30.6. The van der Waals surface area contributed by atoms with Crippen molar-refractivity contribution >= 4 is 60.7 Å². The first kappa shape index (κ1) is 42.0. The number of nitrogen functional groups attached to an aromatic ring is 1. The highest BCUT2D eigenvalue weighted by Gasteiger charge is 2.55. The van der Waals surface area contributed by atoms with Gasteiger partial charge in [0.1, 0.15) is 47.8 Å². The molecule has 8 rings (SSSR count). The van der Waals surface area contributed by atoms with E-state index in [4.69, 9.17) is 38.0 Å². The fraction of sp³-hybridized carbons (Fsp3) is 0.353. The van der Waals surface area contributed by atoms with Gasteiger partial charge in [-0.3, -0.25) is 27.5 Å². The van der Waals surface area contributed by atoms with Crippen molar-refractivity contribution in [2.45, 2.75) is 61.3 Å². The number of benzene rings is 2. The molecule has 0 spiro atoms. The van der Waals surface area contributed by atoms with E-state index in [1.54, 1.807) is 12.1 Å². The molecule has 320 valence electrons. The SMILES string of the molecule is Nc1ncnc2c1ncn2[C@@H]1O[C@@H]2COP(=O)(/C=[SH]/Cc3ccc(OC(=O)c4ccc(O)cc4)cc3)O[C@H]3[C@@H](F)[C@H](N4C=CC(=O)NC4O)O[C@@H]3COP(=O)(O)O[C@@H]1[C@@H]2F. The normalized spacial score (nSPS) is 33.6. The summed E-state index contributed by atoms with van der Waals surface area (Å²) in [5.74, 6) is -1.01. The van der Waals surface area contributed by atoms with E-state index in [0.29, 0.717) is 5.56 Å². The number of thiol groups is 1. The fourth-order valence-corrected chi connectivity index (χ4v) is 10.6. The molecule has 3 fully saturated rings. The summed E-state index contributed by atoms with van der Waals surface area (Å²) in [4.78, 5) is 48.2. The minimum Gasteiger partial charge on any atom is -0.508 e. The number of imidazole rings is 1. The van der Waals surface area contributed by atoms with E-state index < -0.39 is 96.1 Å². The van der Waals surface area contributed by atoms with Crippen LogP contribution in [0.1, 0.15) is 22.1 Å². The van der Waals surface area contributed by atoms with Gasteiger partial charge >= 0.3 is 21.4 Å². The van der Waals surface area contributed by atoms with Gasteiger partial charge in [-0.05, 0) is 42.0 Å². The highest BCUT2D eigenvalue weighted by molar-refractivity contribution is 8.06. The molecule has 26 heteroatoms. The molecule has 4 aliphatic heterocycles. The molecule has 0 radical (unpaired) electrons. The predicted molar refractivity (Wildman–Crippen MR) is 205 cm³/mol. The van der Waals surface area contributed by atoms with Crippen LogP contribution in [0.5, 0.6) is 11.5 Å². The van der Waals surface area contributed by atoms with Crippen molar-refractivity contribution in [2.24, 2.45) is 0 Å². The number of amides is 1. The number of nitrogens with zero attached hydrogens (tertiary/aromatic N) is 5. The number of phosphoric acid groups is 1. The number of carbonyl (C=O) groups excluding carboxylic acids is 2. The zero-order valence-corrected chi connectivity index (χ0v) is 33.2. The summed E-state index contributed by atoms with van der Waals surface area (Å²) in [6, 6.07) is 11.8. The topological polar surface area (TPSA) is 278 Å². The lowest BCUT2D eigenvalue weighted by Gasteiger charge is -2.34. The number of carbonyl (C=O) groups is 2. The number of alkyl halides is 2. The minimum atomic E-state index is -5.26. The Kier molecular flexibility index (Phi) is 11.9. The second kappa shape index (κ2) is 17.0. The largest absolute Gasteiger partial charge is 0.508 e. The van der Waals surface area contributed by atoms with Crippen LogP contribution < -0.4 is 15.8 Å². The van der Waals surface area contributed by atoms with E-state index in [0.717, 1.165) is 28.6 Å². The average Bonchev–Trinajstić information content (AvgIpc) is 3.87. The molecule has 6 N–H and O–H groups in total. The maximum atomic E-state index is 16.4. The number of aliphatic hydroxyl groups is 1. The molecule has 4 aromatic rings. The molecule has 2 bridgehead atoms. The molecule has 0 aliphatic carbocycles. The molecule has 2 aromatic carbocycles. The summed E-state index contributed by atoms with van der Waals surface area (Å²) in [5.41, 5.74) is 6.95. The molecule has 0 saturated carbocycles. The van der Waals surface area contributed by atoms with Crippen molar-refractivity contribution in [1.29, 1.82) is 0 Å². The van der Waals surface area contributed by atoms with Gasteiger partial charge in [0.2, 0.25) is 12.3 Å². The molecular formula is C34H35F2N7O14P2S. The lowest BCUT2D eigenvalue weighted by atomic mass is 10.1. The number of hydrogen-bond donors (Lipinski definition) is 6. The van der Waals surface area contributed by atoms with Crippen molar-refractivity contribution in [3.8, 4) is 11.5 Å². The molecule has 1 amide bonds. The summed E-state index contributed by atoms with van der Waals surface area (Å²) in [6.45, 7) is -1.77. The van der Waals surface area contributed by atoms with Crippen molar-refractivity contribution in [3.63, 3.8) is 0 Å². The molecule has 21 nitrogen and oxygen atoms in total. The van der Waals surface area contributed by atoms with Crippen molar-refractivity contribution < 1.29 is 74.9 Å². The highest BCUT2D eigenvalue weighted by Crippen LogP contribution is 2.55. The number of aliphatic hydroxyl groups excluding tert-OH is 1. The Bertz CT molecular complexity index is 2420. The Morgan fingerprint density at radius 1 is 0.983 bits per heavy atom. The minimum absolute atomic E-state index is 0.0165. The number of nitrogens with two attached hydrogens (primary N) is 1. The van der Waals surface area contributed by atoms with E-state index in [1.807, 2.05) is 0 Å². The molecule has 11 atom stereocenters. The number of phenols is 1. The van der Waals surface area contributed by atoms with E-state index in [9.17, 15) is 33.8 Å². The van der Waals surface area contributed by atoms with E-state index in [1.165, 1.54) is 47.3 Å². The monoisotopic (exact) mass is 897 g/mol. The predicted octanol–water partition coefficient (Wildman–Crippen LogP) is 2.39. The second-order valence-electron chi connectivity index (χ2n) is 13.5. The Balaban J connectivity index is 1.07. The standard InChI is InChI=1S/C34H35F2N7O14P2S/c35-24-21-11-51-58(48,16-60-13-17-1-7-20(8-2-17)53-33(46)18-3-5-19(44)6-4-18)56-27-22(55-31(25(27)36)42-10-9-23(45)41-34(42)47)12-52-59(49,50)57-28(24)32(54-21)43-15-40-26-29(37)38-14-39-30(26)43/h1-10,14-16,21-22,24-25,27-28,31-32,34,44,47,60H,11-13H2,(H,41,45)(H,49,50)(H2,37,38,39)/t21-,22-,24-,25-,27-,28-,31-,32-,34?,58?/m1/s1. The van der Waals surface area contributed by atoms with Crippen LogP contribution in [-0.4, -0.2) is 119 Å². The number of aromatic nitrogens is 4. The maximum absolute atomic E-state index is 16.4. The van der Waals surface area contributed by atoms with Gasteiger partial charge in [0.15, 0.2) is 36.3 Å². The van der Waals surface area contributed by atoms with E-state index in [-0.39, 0.29) is 51.1 Å². The third-order valence-corrected chi connectivity index (χ3v) is 13.9. The number of ether oxygens (including phenoxy) is 3. The van der Waals surface area contributed by atoms with Gasteiger partial charge in [0.25, 0.3) is 0 Å². The van der Waals surface area contributed by atoms with Crippen LogP contribution in [0.15, 0.2) is 73.5 Å². The molecule has 3 saturated heterocycles. The molecule has 60 heavy (non-hydrogen) atoms. The number of fused-ring (bicyclic) bond motifs is 4. The number of halogens is 2. The van der Waals surface area contributed by atoms with Crippen LogP contribution in [0, 0.1) is 0 Å². The Labute approximate surface area is 341 Å². The lowest BCUT2D eigenvalue weighted by Crippen LogP contribution is -2.54. The first-order valence-electron chi connectivity index (χ1n) is 17.8. The Morgan fingerprint density at radius 3 is 2.47 bits per heavy atom. The summed E-state index contributed by atoms with van der Waals surface area (Å²) < 4.78 is 101. The van der Waals surface area contributed by atoms with Crippen LogP contribution in [0.3, 0.4) is 0 Å². The molecule has 6 heterocycles. The van der Waals surface area contributed by atoms with Crippen molar-refractivity contribution in [3.05, 3.63) is 84.6 Å². The second-order valence-corrected chi connectivity index (χ2v) is 18.1. The Hall–Kier alpha value is -4.71. The number of nitrogens with one attached hydrogen (secondary N) is 1. The average molecular weight is 898 g/mol. The van der Waals surface area contributed by atoms with Crippen molar-refractivity contribution in [1.82, 2.24) is 29.7 Å². The number of rotatable bonds is 7. The van der Waals surface area contributed by atoms with Gasteiger partial charge < -0.3 is 49.8 Å². The van der Waals surface area contributed by atoms with Gasteiger partial charge in [-0.25, -0.2) is 33.1 Å². The molecular weight excluding hydrogens is 862 g/mol. The third kappa shape index (κ3) is 8.85. The lowest BCUT2D eigenvalue weighted by molar-refractivity contribution is -0.147. The van der Waals surface area contributed by atoms with Crippen LogP contribution in [0.4, 0.5) is 14.6 Å². The van der Waals surface area contributed by atoms with E-state index in [2.05, 4.69) is 20.3 Å². The number of phosphoric ester groups is 1. The summed E-state index contributed by atoms with van der Waals surface area (Å²) in [6.07, 6.45) is -12.3.